The summed E-state index contributed by atoms with van der Waals surface area (Å²) in [6, 6.07) is 13.2. The van der Waals surface area contributed by atoms with Crippen LogP contribution >= 0.6 is 0 Å². The number of aliphatic imine (C=N–C) groups is 1. The molecule has 25 heavy (non-hydrogen) atoms. The van der Waals surface area contributed by atoms with Crippen molar-refractivity contribution < 1.29 is 14.6 Å². The van der Waals surface area contributed by atoms with Crippen molar-refractivity contribution in [2.75, 3.05) is 20.8 Å². The molecule has 0 saturated carbocycles. The third kappa shape index (κ3) is 5.31. The molecular weight excluding hydrogens is 318 g/mol. The van der Waals surface area contributed by atoms with Gasteiger partial charge < -0.3 is 25.2 Å². The molecule has 0 aliphatic rings. The van der Waals surface area contributed by atoms with Crippen molar-refractivity contribution in [3.63, 3.8) is 0 Å². The number of methoxy groups -OCH3 is 2. The van der Waals surface area contributed by atoms with E-state index in [1.54, 1.807) is 13.2 Å². The summed E-state index contributed by atoms with van der Waals surface area (Å²) in [6.45, 7) is 3.74. The van der Waals surface area contributed by atoms with E-state index in [-0.39, 0.29) is 5.75 Å². The van der Waals surface area contributed by atoms with Crippen molar-refractivity contribution in [2.24, 2.45) is 4.99 Å². The van der Waals surface area contributed by atoms with E-state index in [9.17, 15) is 5.11 Å². The van der Waals surface area contributed by atoms with E-state index in [1.165, 1.54) is 7.11 Å². The normalized spacial score (nSPS) is 11.1. The Labute approximate surface area is 148 Å². The Bertz CT molecular complexity index is 700. The van der Waals surface area contributed by atoms with Crippen LogP contribution in [0.5, 0.6) is 17.2 Å². The molecule has 0 atom stereocenters. The maximum absolute atomic E-state index is 10.2. The minimum atomic E-state index is 0.142. The summed E-state index contributed by atoms with van der Waals surface area (Å²) in [6.07, 6.45) is 0. The molecule has 0 fully saturated rings. The molecule has 2 rings (SSSR count). The number of ether oxygens (including phenoxy) is 2. The molecule has 0 aliphatic carbocycles. The van der Waals surface area contributed by atoms with Gasteiger partial charge in [-0.3, -0.25) is 0 Å². The van der Waals surface area contributed by atoms with Crippen LogP contribution in [0.2, 0.25) is 0 Å². The highest BCUT2D eigenvalue weighted by atomic mass is 16.5. The zero-order valence-corrected chi connectivity index (χ0v) is 14.9. The molecule has 2 aromatic carbocycles. The topological polar surface area (TPSA) is 75.1 Å². The lowest BCUT2D eigenvalue weighted by atomic mass is 10.2. The molecule has 134 valence electrons. The molecular formula is C19H25N3O3. The first-order valence-electron chi connectivity index (χ1n) is 8.17. The van der Waals surface area contributed by atoms with Crippen LogP contribution in [0, 0.1) is 0 Å². The van der Waals surface area contributed by atoms with Crippen LogP contribution in [0.25, 0.3) is 0 Å². The van der Waals surface area contributed by atoms with E-state index >= 15 is 0 Å². The number of nitrogens with zero attached hydrogens (tertiary/aromatic N) is 1. The molecule has 6 nitrogen and oxygen atoms in total. The van der Waals surface area contributed by atoms with Crippen molar-refractivity contribution in [1.82, 2.24) is 10.6 Å². The summed E-state index contributed by atoms with van der Waals surface area (Å²) in [5.41, 5.74) is 1.83. The fraction of sp³-hybridized carbons (Fsp3) is 0.316. The highest BCUT2D eigenvalue weighted by Gasteiger charge is 2.07. The number of hydrogen-bond donors (Lipinski definition) is 3. The van der Waals surface area contributed by atoms with Crippen LogP contribution in [0.15, 0.2) is 47.5 Å². The number of hydrogen-bond acceptors (Lipinski definition) is 4. The Kier molecular flexibility index (Phi) is 6.95. The zero-order chi connectivity index (χ0) is 18.1. The maximum atomic E-state index is 10.2. The first kappa shape index (κ1) is 18.4. The summed E-state index contributed by atoms with van der Waals surface area (Å²) in [7, 11) is 3.18. The Hall–Kier alpha value is -2.89. The standard InChI is InChI=1S/C19H25N3O3/c1-4-20-19(21-12-14-8-10-16(24-2)11-9-14)22-13-15-6-5-7-17(25-3)18(15)23/h5-11,23H,4,12-13H2,1-3H3,(H2,20,21,22). The monoisotopic (exact) mass is 343 g/mol. The Balaban J connectivity index is 2.02. The Morgan fingerprint density at radius 2 is 1.80 bits per heavy atom. The lowest BCUT2D eigenvalue weighted by Crippen LogP contribution is -2.36. The van der Waals surface area contributed by atoms with Gasteiger partial charge in [-0.15, -0.1) is 0 Å². The number of phenols is 1. The first-order chi connectivity index (χ1) is 12.2. The second-order valence-electron chi connectivity index (χ2n) is 5.36. The maximum Gasteiger partial charge on any atom is 0.191 e. The Morgan fingerprint density at radius 1 is 1.04 bits per heavy atom. The molecule has 0 aliphatic heterocycles. The van der Waals surface area contributed by atoms with Gasteiger partial charge in [0, 0.05) is 18.7 Å². The molecule has 0 saturated heterocycles. The smallest absolute Gasteiger partial charge is 0.191 e. The van der Waals surface area contributed by atoms with E-state index in [2.05, 4.69) is 15.6 Å². The van der Waals surface area contributed by atoms with Gasteiger partial charge in [0.15, 0.2) is 17.5 Å². The summed E-state index contributed by atoms with van der Waals surface area (Å²) < 4.78 is 10.3. The SMILES string of the molecule is CCNC(=NCc1ccc(OC)cc1)NCc1cccc(OC)c1O. The molecule has 0 aromatic heterocycles. The predicted octanol–water partition coefficient (Wildman–Crippen LogP) is 2.66. The summed E-state index contributed by atoms with van der Waals surface area (Å²) in [5.74, 6) is 2.11. The number of phenolic OH excluding ortho intramolecular Hbond substituents is 1. The quantitative estimate of drug-likeness (QED) is 0.532. The van der Waals surface area contributed by atoms with Crippen molar-refractivity contribution in [2.45, 2.75) is 20.0 Å². The predicted molar refractivity (Wildman–Crippen MR) is 99.3 cm³/mol. The average Bonchev–Trinajstić information content (AvgIpc) is 2.65. The van der Waals surface area contributed by atoms with E-state index in [1.807, 2.05) is 43.3 Å². The zero-order valence-electron chi connectivity index (χ0n) is 14.9. The fourth-order valence-corrected chi connectivity index (χ4v) is 2.30. The second kappa shape index (κ2) is 9.42. The minimum absolute atomic E-state index is 0.142. The van der Waals surface area contributed by atoms with Crippen LogP contribution < -0.4 is 20.1 Å². The van der Waals surface area contributed by atoms with Gasteiger partial charge in [-0.05, 0) is 30.7 Å². The number of benzene rings is 2. The third-order valence-corrected chi connectivity index (χ3v) is 3.67. The van der Waals surface area contributed by atoms with E-state index in [4.69, 9.17) is 9.47 Å². The molecule has 0 amide bonds. The number of rotatable bonds is 7. The number of aromatic hydroxyl groups is 1. The van der Waals surface area contributed by atoms with Crippen molar-refractivity contribution >= 4 is 5.96 Å². The molecule has 0 heterocycles. The third-order valence-electron chi connectivity index (χ3n) is 3.67. The van der Waals surface area contributed by atoms with E-state index in [0.717, 1.165) is 23.4 Å². The van der Waals surface area contributed by atoms with E-state index < -0.39 is 0 Å². The molecule has 0 spiro atoms. The van der Waals surface area contributed by atoms with Gasteiger partial charge in [0.25, 0.3) is 0 Å². The molecule has 0 bridgehead atoms. The molecule has 0 unspecified atom stereocenters. The Morgan fingerprint density at radius 3 is 2.44 bits per heavy atom. The lowest BCUT2D eigenvalue weighted by Gasteiger charge is -2.13. The van der Waals surface area contributed by atoms with Crippen molar-refractivity contribution in [1.29, 1.82) is 0 Å². The van der Waals surface area contributed by atoms with Crippen LogP contribution in [0.4, 0.5) is 0 Å². The average molecular weight is 343 g/mol. The van der Waals surface area contributed by atoms with Gasteiger partial charge in [0.2, 0.25) is 0 Å². The van der Waals surface area contributed by atoms with E-state index in [0.29, 0.717) is 24.8 Å². The summed E-state index contributed by atoms with van der Waals surface area (Å²) in [5, 5.41) is 16.6. The van der Waals surface area contributed by atoms with Crippen LogP contribution in [-0.4, -0.2) is 31.8 Å². The van der Waals surface area contributed by atoms with Gasteiger partial charge in [-0.25, -0.2) is 4.99 Å². The first-order valence-corrected chi connectivity index (χ1v) is 8.17. The largest absolute Gasteiger partial charge is 0.504 e. The van der Waals surface area contributed by atoms with Crippen molar-refractivity contribution in [3.05, 3.63) is 53.6 Å². The molecule has 2 aromatic rings. The van der Waals surface area contributed by atoms with Gasteiger partial charge in [-0.1, -0.05) is 24.3 Å². The van der Waals surface area contributed by atoms with Gasteiger partial charge in [0.1, 0.15) is 5.75 Å². The molecule has 3 N–H and O–H groups in total. The van der Waals surface area contributed by atoms with Crippen LogP contribution in [0.3, 0.4) is 0 Å². The number of para-hydroxylation sites is 1. The summed E-state index contributed by atoms with van der Waals surface area (Å²) in [4.78, 5) is 4.57. The number of nitrogens with one attached hydrogen (secondary N) is 2. The second-order valence-corrected chi connectivity index (χ2v) is 5.36. The number of guanidine groups is 1. The van der Waals surface area contributed by atoms with Gasteiger partial charge in [0.05, 0.1) is 20.8 Å². The summed E-state index contributed by atoms with van der Waals surface area (Å²) >= 11 is 0. The van der Waals surface area contributed by atoms with Crippen LogP contribution in [0.1, 0.15) is 18.1 Å². The lowest BCUT2D eigenvalue weighted by molar-refractivity contribution is 0.370. The van der Waals surface area contributed by atoms with Crippen molar-refractivity contribution in [3.8, 4) is 17.2 Å². The minimum Gasteiger partial charge on any atom is -0.504 e. The highest BCUT2D eigenvalue weighted by molar-refractivity contribution is 5.79. The molecule has 0 radical (unpaired) electrons. The van der Waals surface area contributed by atoms with Gasteiger partial charge in [-0.2, -0.15) is 0 Å². The van der Waals surface area contributed by atoms with Gasteiger partial charge >= 0.3 is 0 Å². The highest BCUT2D eigenvalue weighted by Crippen LogP contribution is 2.29. The fourth-order valence-electron chi connectivity index (χ4n) is 2.30. The molecule has 6 heteroatoms. The van der Waals surface area contributed by atoms with Crippen LogP contribution in [-0.2, 0) is 13.1 Å².